The Morgan fingerprint density at radius 2 is 1.79 bits per heavy atom. The molecule has 1 saturated heterocycles. The van der Waals surface area contributed by atoms with E-state index in [0.717, 1.165) is 45.7 Å². The summed E-state index contributed by atoms with van der Waals surface area (Å²) in [4.78, 5) is 29.2. The standard InChI is InChI=1S/C20H18F3N3O6S2/c1-9-8-10(28)15-16(14(9)29)34-19(33-15)13-17(30)25(4-6-32-7-5-27)26(18(13)31)12-3-2-11(24-12)20(21,22)23/h2-3,8,24,27-29H,4-7H2,1H3/b19-13-. The topological polar surface area (TPSA) is 126 Å². The number of carbonyl (C=O) groups excluding carboxylic acids is 2. The summed E-state index contributed by atoms with van der Waals surface area (Å²) in [5.74, 6) is -2.17. The SMILES string of the molecule is Cc1cc(O)c2c(c1O)S/C(=C1/C(=O)N(CCOCCO)N(c3ccc(C(F)(F)F)[nH]3)C1=O)S2. The van der Waals surface area contributed by atoms with Gasteiger partial charge in [0.25, 0.3) is 11.8 Å². The third-order valence-corrected chi connectivity index (χ3v) is 7.58. The van der Waals surface area contributed by atoms with Crippen molar-refractivity contribution in [2.24, 2.45) is 0 Å². The number of aryl methyl sites for hydroxylation is 1. The van der Waals surface area contributed by atoms with Crippen LogP contribution in [-0.2, 0) is 20.5 Å². The van der Waals surface area contributed by atoms with Crippen LogP contribution < -0.4 is 5.01 Å². The Balaban J connectivity index is 1.73. The Morgan fingerprint density at radius 3 is 2.44 bits per heavy atom. The molecule has 14 heteroatoms. The van der Waals surface area contributed by atoms with E-state index in [2.05, 4.69) is 4.98 Å². The fourth-order valence-electron chi connectivity index (χ4n) is 3.38. The first kappa shape index (κ1) is 24.3. The lowest BCUT2D eigenvalue weighted by Crippen LogP contribution is -2.43. The summed E-state index contributed by atoms with van der Waals surface area (Å²) in [5, 5.41) is 31.2. The predicted octanol–water partition coefficient (Wildman–Crippen LogP) is 2.96. The van der Waals surface area contributed by atoms with Crippen LogP contribution in [0.15, 0.2) is 37.8 Å². The maximum Gasteiger partial charge on any atom is 0.431 e. The van der Waals surface area contributed by atoms with Gasteiger partial charge < -0.3 is 25.0 Å². The summed E-state index contributed by atoms with van der Waals surface area (Å²) in [5.41, 5.74) is -1.01. The van der Waals surface area contributed by atoms with E-state index < -0.39 is 23.7 Å². The summed E-state index contributed by atoms with van der Waals surface area (Å²) in [6.45, 7) is 1.02. The minimum atomic E-state index is -4.69. The van der Waals surface area contributed by atoms with Crippen LogP contribution in [0.4, 0.5) is 19.0 Å². The number of nitrogens with zero attached hydrogens (tertiary/aromatic N) is 2. The molecule has 0 unspecified atom stereocenters. The number of rotatable bonds is 6. The number of nitrogens with one attached hydrogen (secondary N) is 1. The zero-order chi connectivity index (χ0) is 24.8. The molecule has 2 aliphatic heterocycles. The number of anilines is 1. The van der Waals surface area contributed by atoms with E-state index >= 15 is 0 Å². The summed E-state index contributed by atoms with van der Waals surface area (Å²) in [6, 6.07) is 3.14. The molecular weight excluding hydrogens is 499 g/mol. The molecule has 2 aromatic rings. The third kappa shape index (κ3) is 4.21. The van der Waals surface area contributed by atoms with E-state index in [1.807, 2.05) is 0 Å². The van der Waals surface area contributed by atoms with Crippen LogP contribution in [0.1, 0.15) is 11.3 Å². The van der Waals surface area contributed by atoms with E-state index in [4.69, 9.17) is 9.84 Å². The highest BCUT2D eigenvalue weighted by atomic mass is 32.2. The van der Waals surface area contributed by atoms with Crippen molar-refractivity contribution in [1.82, 2.24) is 9.99 Å². The molecule has 4 N–H and O–H groups in total. The van der Waals surface area contributed by atoms with Crippen molar-refractivity contribution in [1.29, 1.82) is 0 Å². The van der Waals surface area contributed by atoms with Gasteiger partial charge in [-0.05, 0) is 30.7 Å². The second kappa shape index (κ2) is 9.09. The maximum absolute atomic E-state index is 13.3. The fourth-order valence-corrected chi connectivity index (χ4v) is 6.02. The smallest absolute Gasteiger partial charge is 0.431 e. The van der Waals surface area contributed by atoms with Crippen LogP contribution in [0.2, 0.25) is 0 Å². The number of aromatic amines is 1. The van der Waals surface area contributed by atoms with E-state index in [-0.39, 0.29) is 63.3 Å². The second-order valence-corrected chi connectivity index (χ2v) is 9.52. The van der Waals surface area contributed by atoms with Gasteiger partial charge in [0.2, 0.25) is 0 Å². The quantitative estimate of drug-likeness (QED) is 0.200. The number of H-pyrrole nitrogens is 1. The Labute approximate surface area is 199 Å². The molecular formula is C20H18F3N3O6S2. The number of aliphatic hydroxyl groups is 1. The Morgan fingerprint density at radius 1 is 1.09 bits per heavy atom. The molecule has 3 heterocycles. The fraction of sp³-hybridized carbons (Fsp3) is 0.300. The number of phenols is 2. The molecule has 1 aromatic carbocycles. The lowest BCUT2D eigenvalue weighted by molar-refractivity contribution is -0.140. The average molecular weight is 518 g/mol. The molecule has 0 aliphatic carbocycles. The van der Waals surface area contributed by atoms with Crippen LogP contribution in [0.25, 0.3) is 0 Å². The molecule has 0 bridgehead atoms. The van der Waals surface area contributed by atoms with Crippen molar-refractivity contribution in [2.75, 3.05) is 31.4 Å². The first-order valence-electron chi connectivity index (χ1n) is 9.81. The molecule has 0 radical (unpaired) electrons. The Kier molecular flexibility index (Phi) is 6.50. The first-order chi connectivity index (χ1) is 16.0. The normalized spacial score (nSPS) is 18.4. The van der Waals surface area contributed by atoms with Gasteiger partial charge in [-0.1, -0.05) is 23.5 Å². The van der Waals surface area contributed by atoms with Gasteiger partial charge in [0.05, 0.1) is 40.4 Å². The van der Waals surface area contributed by atoms with Gasteiger partial charge >= 0.3 is 6.18 Å². The number of hydrogen-bond acceptors (Lipinski definition) is 8. The number of thioether (sulfide) groups is 2. The lowest BCUT2D eigenvalue weighted by Gasteiger charge is -2.26. The summed E-state index contributed by atoms with van der Waals surface area (Å²) in [6.07, 6.45) is -4.69. The molecule has 2 amide bonds. The van der Waals surface area contributed by atoms with Gasteiger partial charge in [-0.2, -0.15) is 18.2 Å². The summed E-state index contributed by atoms with van der Waals surface area (Å²) in [7, 11) is 0. The average Bonchev–Trinajstić information content (AvgIpc) is 3.46. The number of alkyl halides is 3. The van der Waals surface area contributed by atoms with Gasteiger partial charge in [-0.15, -0.1) is 0 Å². The maximum atomic E-state index is 13.3. The lowest BCUT2D eigenvalue weighted by atomic mass is 10.2. The second-order valence-electron chi connectivity index (χ2n) is 7.22. The number of aliphatic hydroxyl groups excluding tert-OH is 1. The number of fused-ring (bicyclic) bond motifs is 1. The number of aromatic nitrogens is 1. The Bertz CT molecular complexity index is 1200. The number of amides is 2. The number of hydrazine groups is 1. The minimum absolute atomic E-state index is 0.0242. The van der Waals surface area contributed by atoms with E-state index in [9.17, 15) is 33.0 Å². The van der Waals surface area contributed by atoms with Crippen molar-refractivity contribution >= 4 is 41.2 Å². The summed E-state index contributed by atoms with van der Waals surface area (Å²) >= 11 is 1.83. The summed E-state index contributed by atoms with van der Waals surface area (Å²) < 4.78 is 44.7. The van der Waals surface area contributed by atoms with E-state index in [1.54, 1.807) is 6.92 Å². The number of ether oxygens (including phenoxy) is 1. The molecule has 0 saturated carbocycles. The van der Waals surface area contributed by atoms with Crippen molar-refractivity contribution < 1.29 is 42.8 Å². The van der Waals surface area contributed by atoms with Gasteiger partial charge in [-0.3, -0.25) is 9.59 Å². The van der Waals surface area contributed by atoms with Crippen LogP contribution in [-0.4, -0.2) is 63.5 Å². The van der Waals surface area contributed by atoms with Crippen molar-refractivity contribution in [3.63, 3.8) is 0 Å². The highest BCUT2D eigenvalue weighted by molar-refractivity contribution is 8.25. The third-order valence-electron chi connectivity index (χ3n) is 4.96. The van der Waals surface area contributed by atoms with Crippen molar-refractivity contribution in [3.05, 3.63) is 39.3 Å². The van der Waals surface area contributed by atoms with E-state index in [0.29, 0.717) is 5.56 Å². The predicted molar refractivity (Wildman–Crippen MR) is 116 cm³/mol. The molecule has 34 heavy (non-hydrogen) atoms. The van der Waals surface area contributed by atoms with Gasteiger partial charge in [0.1, 0.15) is 28.6 Å². The van der Waals surface area contributed by atoms with Crippen LogP contribution >= 0.6 is 23.5 Å². The highest BCUT2D eigenvalue weighted by Gasteiger charge is 2.47. The number of halogens is 3. The molecule has 182 valence electrons. The monoisotopic (exact) mass is 517 g/mol. The van der Waals surface area contributed by atoms with Gasteiger partial charge in [0, 0.05) is 0 Å². The van der Waals surface area contributed by atoms with Crippen molar-refractivity contribution in [2.45, 2.75) is 22.9 Å². The molecule has 9 nitrogen and oxygen atoms in total. The molecule has 0 atom stereocenters. The number of hydrogen-bond donors (Lipinski definition) is 4. The largest absolute Gasteiger partial charge is 0.507 e. The number of benzene rings is 1. The van der Waals surface area contributed by atoms with Crippen LogP contribution in [0, 0.1) is 6.92 Å². The number of carbonyl (C=O) groups is 2. The number of aromatic hydroxyl groups is 2. The van der Waals surface area contributed by atoms with Crippen LogP contribution in [0.5, 0.6) is 11.5 Å². The number of phenolic OH excluding ortho intramolecular Hbond substituents is 2. The van der Waals surface area contributed by atoms with Crippen molar-refractivity contribution in [3.8, 4) is 11.5 Å². The minimum Gasteiger partial charge on any atom is -0.507 e. The molecule has 4 rings (SSSR count). The molecule has 2 aliphatic rings. The van der Waals surface area contributed by atoms with Gasteiger partial charge in [0.15, 0.2) is 0 Å². The molecule has 1 aromatic heterocycles. The zero-order valence-electron chi connectivity index (χ0n) is 17.5. The van der Waals surface area contributed by atoms with Crippen LogP contribution in [0.3, 0.4) is 0 Å². The van der Waals surface area contributed by atoms with E-state index in [1.165, 1.54) is 6.07 Å². The Hall–Kier alpha value is -2.81. The first-order valence-corrected chi connectivity index (χ1v) is 11.4. The molecule has 1 fully saturated rings. The van der Waals surface area contributed by atoms with Gasteiger partial charge in [-0.25, -0.2) is 5.01 Å². The zero-order valence-corrected chi connectivity index (χ0v) is 19.1. The highest BCUT2D eigenvalue weighted by Crippen LogP contribution is 2.59. The molecule has 0 spiro atoms.